The Bertz CT molecular complexity index is 232. The van der Waals surface area contributed by atoms with E-state index in [2.05, 4.69) is 17.1 Å². The van der Waals surface area contributed by atoms with Crippen molar-refractivity contribution in [2.24, 2.45) is 5.92 Å². The zero-order chi connectivity index (χ0) is 11.4. The second kappa shape index (κ2) is 5.67. The van der Waals surface area contributed by atoms with Crippen LogP contribution in [0.25, 0.3) is 0 Å². The Balaban J connectivity index is 1.86. The Morgan fingerprint density at radius 3 is 2.69 bits per heavy atom. The van der Waals surface area contributed by atoms with Crippen molar-refractivity contribution in [2.45, 2.75) is 51.5 Å². The fourth-order valence-corrected chi connectivity index (χ4v) is 2.46. The van der Waals surface area contributed by atoms with Gasteiger partial charge in [0.15, 0.2) is 0 Å². The lowest BCUT2D eigenvalue weighted by Crippen LogP contribution is -2.49. The van der Waals surface area contributed by atoms with E-state index in [4.69, 9.17) is 0 Å². The SMILES string of the molecule is CCCN(CC1CC1)C(=O)C1CCCCN1. The molecule has 0 bridgehead atoms. The summed E-state index contributed by atoms with van der Waals surface area (Å²) in [7, 11) is 0. The highest BCUT2D eigenvalue weighted by Crippen LogP contribution is 2.30. The van der Waals surface area contributed by atoms with Gasteiger partial charge in [-0.2, -0.15) is 0 Å². The van der Waals surface area contributed by atoms with Crippen LogP contribution in [0.15, 0.2) is 0 Å². The molecule has 1 aliphatic carbocycles. The molecule has 1 heterocycles. The van der Waals surface area contributed by atoms with Crippen molar-refractivity contribution in [3.05, 3.63) is 0 Å². The molecule has 0 spiro atoms. The van der Waals surface area contributed by atoms with Crippen molar-refractivity contribution < 1.29 is 4.79 Å². The van der Waals surface area contributed by atoms with Gasteiger partial charge < -0.3 is 10.2 Å². The van der Waals surface area contributed by atoms with Crippen LogP contribution in [0.3, 0.4) is 0 Å². The molecule has 0 aromatic heterocycles. The van der Waals surface area contributed by atoms with Crippen molar-refractivity contribution in [1.29, 1.82) is 0 Å². The van der Waals surface area contributed by atoms with Crippen molar-refractivity contribution in [3.63, 3.8) is 0 Å². The molecule has 1 saturated carbocycles. The summed E-state index contributed by atoms with van der Waals surface area (Å²) in [6.45, 7) is 5.11. The van der Waals surface area contributed by atoms with Gasteiger partial charge in [-0.15, -0.1) is 0 Å². The molecule has 1 N–H and O–H groups in total. The molecule has 1 unspecified atom stereocenters. The predicted octanol–water partition coefficient (Wildman–Crippen LogP) is 1.78. The van der Waals surface area contributed by atoms with E-state index in [9.17, 15) is 4.79 Å². The van der Waals surface area contributed by atoms with Gasteiger partial charge in [0.25, 0.3) is 0 Å². The largest absolute Gasteiger partial charge is 0.341 e. The maximum Gasteiger partial charge on any atom is 0.239 e. The maximum absolute atomic E-state index is 12.3. The molecule has 0 aromatic carbocycles. The number of hydrogen-bond donors (Lipinski definition) is 1. The van der Waals surface area contributed by atoms with E-state index in [1.807, 2.05) is 0 Å². The Labute approximate surface area is 98.6 Å². The van der Waals surface area contributed by atoms with Crippen LogP contribution in [0.4, 0.5) is 0 Å². The van der Waals surface area contributed by atoms with E-state index in [1.165, 1.54) is 25.7 Å². The fourth-order valence-electron chi connectivity index (χ4n) is 2.46. The molecule has 0 aromatic rings. The molecule has 1 atom stereocenters. The van der Waals surface area contributed by atoms with Crippen molar-refractivity contribution in [1.82, 2.24) is 10.2 Å². The van der Waals surface area contributed by atoms with Gasteiger partial charge in [0, 0.05) is 13.1 Å². The molecular weight excluding hydrogens is 200 g/mol. The van der Waals surface area contributed by atoms with E-state index in [0.717, 1.165) is 38.4 Å². The first kappa shape index (κ1) is 11.9. The Hall–Kier alpha value is -0.570. The highest BCUT2D eigenvalue weighted by atomic mass is 16.2. The van der Waals surface area contributed by atoms with Crippen LogP contribution in [-0.2, 0) is 4.79 Å². The average Bonchev–Trinajstić information content (AvgIpc) is 3.13. The summed E-state index contributed by atoms with van der Waals surface area (Å²) in [6.07, 6.45) is 7.18. The topological polar surface area (TPSA) is 32.3 Å². The van der Waals surface area contributed by atoms with E-state index in [-0.39, 0.29) is 6.04 Å². The number of hydrogen-bond acceptors (Lipinski definition) is 2. The fraction of sp³-hybridized carbons (Fsp3) is 0.923. The van der Waals surface area contributed by atoms with E-state index < -0.39 is 0 Å². The molecule has 0 radical (unpaired) electrons. The minimum atomic E-state index is 0.110. The second-order valence-electron chi connectivity index (χ2n) is 5.23. The third-order valence-electron chi connectivity index (χ3n) is 3.59. The zero-order valence-electron chi connectivity index (χ0n) is 10.4. The summed E-state index contributed by atoms with van der Waals surface area (Å²) in [5, 5.41) is 3.36. The summed E-state index contributed by atoms with van der Waals surface area (Å²) in [5.41, 5.74) is 0. The summed E-state index contributed by atoms with van der Waals surface area (Å²) in [5.74, 6) is 1.16. The first-order valence-electron chi connectivity index (χ1n) is 6.83. The summed E-state index contributed by atoms with van der Waals surface area (Å²) in [6, 6.07) is 0.110. The van der Waals surface area contributed by atoms with Crippen LogP contribution in [0.2, 0.25) is 0 Å². The van der Waals surface area contributed by atoms with Gasteiger partial charge in [-0.1, -0.05) is 13.3 Å². The maximum atomic E-state index is 12.3. The molecule has 92 valence electrons. The van der Waals surface area contributed by atoms with Crippen LogP contribution in [0, 0.1) is 5.92 Å². The van der Waals surface area contributed by atoms with Crippen LogP contribution < -0.4 is 5.32 Å². The summed E-state index contributed by atoms with van der Waals surface area (Å²) >= 11 is 0. The first-order chi connectivity index (χ1) is 7.81. The van der Waals surface area contributed by atoms with Gasteiger partial charge in [-0.05, 0) is 44.6 Å². The highest BCUT2D eigenvalue weighted by Gasteiger charge is 2.30. The minimum Gasteiger partial charge on any atom is -0.341 e. The lowest BCUT2D eigenvalue weighted by molar-refractivity contribution is -0.134. The number of rotatable bonds is 5. The molecule has 1 aliphatic heterocycles. The lowest BCUT2D eigenvalue weighted by atomic mass is 10.0. The van der Waals surface area contributed by atoms with Gasteiger partial charge >= 0.3 is 0 Å². The second-order valence-corrected chi connectivity index (χ2v) is 5.23. The molecular formula is C13H24N2O. The standard InChI is InChI=1S/C13H24N2O/c1-2-9-15(10-11-6-7-11)13(16)12-5-3-4-8-14-12/h11-12,14H,2-10H2,1H3. The number of carbonyl (C=O) groups is 1. The predicted molar refractivity (Wildman–Crippen MR) is 65.2 cm³/mol. The van der Waals surface area contributed by atoms with Crippen molar-refractivity contribution in [3.8, 4) is 0 Å². The molecule has 1 amide bonds. The Morgan fingerprint density at radius 1 is 1.31 bits per heavy atom. The molecule has 1 saturated heterocycles. The summed E-state index contributed by atoms with van der Waals surface area (Å²) < 4.78 is 0. The first-order valence-corrected chi connectivity index (χ1v) is 6.83. The van der Waals surface area contributed by atoms with Crippen LogP contribution >= 0.6 is 0 Å². The van der Waals surface area contributed by atoms with Crippen LogP contribution in [0.1, 0.15) is 45.4 Å². The monoisotopic (exact) mass is 224 g/mol. The normalized spacial score (nSPS) is 25.4. The number of nitrogens with one attached hydrogen (secondary N) is 1. The molecule has 2 rings (SSSR count). The van der Waals surface area contributed by atoms with Gasteiger partial charge in [0.1, 0.15) is 0 Å². The lowest BCUT2D eigenvalue weighted by Gasteiger charge is -2.30. The third-order valence-corrected chi connectivity index (χ3v) is 3.59. The zero-order valence-corrected chi connectivity index (χ0v) is 10.4. The number of piperidine rings is 1. The molecule has 3 heteroatoms. The van der Waals surface area contributed by atoms with E-state index in [0.29, 0.717) is 5.91 Å². The Kier molecular flexibility index (Phi) is 4.22. The van der Waals surface area contributed by atoms with Crippen molar-refractivity contribution >= 4 is 5.91 Å². The van der Waals surface area contributed by atoms with Gasteiger partial charge in [-0.3, -0.25) is 4.79 Å². The molecule has 2 aliphatic rings. The van der Waals surface area contributed by atoms with Gasteiger partial charge in [0.2, 0.25) is 5.91 Å². The molecule has 3 nitrogen and oxygen atoms in total. The van der Waals surface area contributed by atoms with Crippen LogP contribution in [0.5, 0.6) is 0 Å². The number of amides is 1. The smallest absolute Gasteiger partial charge is 0.239 e. The van der Waals surface area contributed by atoms with Gasteiger partial charge in [-0.25, -0.2) is 0 Å². The average molecular weight is 224 g/mol. The number of nitrogens with zero attached hydrogens (tertiary/aromatic N) is 1. The van der Waals surface area contributed by atoms with Gasteiger partial charge in [0.05, 0.1) is 6.04 Å². The quantitative estimate of drug-likeness (QED) is 0.772. The Morgan fingerprint density at radius 2 is 2.12 bits per heavy atom. The minimum absolute atomic E-state index is 0.110. The van der Waals surface area contributed by atoms with Crippen molar-refractivity contribution in [2.75, 3.05) is 19.6 Å². The third kappa shape index (κ3) is 3.21. The molecule has 2 fully saturated rings. The number of carbonyl (C=O) groups excluding carboxylic acids is 1. The highest BCUT2D eigenvalue weighted by molar-refractivity contribution is 5.82. The van der Waals surface area contributed by atoms with E-state index >= 15 is 0 Å². The summed E-state index contributed by atoms with van der Waals surface area (Å²) in [4.78, 5) is 14.4. The molecule has 16 heavy (non-hydrogen) atoms. The van der Waals surface area contributed by atoms with Crippen LogP contribution in [-0.4, -0.2) is 36.5 Å². The van der Waals surface area contributed by atoms with E-state index in [1.54, 1.807) is 0 Å².